The average molecular weight is 202 g/mol. The van der Waals surface area contributed by atoms with Gasteiger partial charge in [0.2, 0.25) is 0 Å². The molecule has 0 aromatic heterocycles. The lowest BCUT2D eigenvalue weighted by molar-refractivity contribution is 0.189. The molecule has 0 spiro atoms. The molecule has 0 amide bonds. The maximum absolute atomic E-state index is 9.26. The summed E-state index contributed by atoms with van der Waals surface area (Å²) in [7, 11) is 2.13. The van der Waals surface area contributed by atoms with Gasteiger partial charge >= 0.3 is 0 Å². The Labute approximate surface area is 88.5 Å². The third-order valence-electron chi connectivity index (χ3n) is 2.34. The normalized spacial score (nSPS) is 26.1. The van der Waals surface area contributed by atoms with Crippen molar-refractivity contribution in [3.05, 3.63) is 0 Å². The first-order valence-electron chi connectivity index (χ1n) is 5.82. The van der Waals surface area contributed by atoms with Crippen LogP contribution < -0.4 is 5.32 Å². The van der Waals surface area contributed by atoms with Gasteiger partial charge in [0.15, 0.2) is 0 Å². The molecule has 0 radical (unpaired) electrons. The van der Waals surface area contributed by atoms with Gasteiger partial charge in [-0.15, -0.1) is 0 Å². The van der Waals surface area contributed by atoms with Gasteiger partial charge in [-0.25, -0.2) is 0 Å². The molecule has 14 heavy (non-hydrogen) atoms. The fourth-order valence-electron chi connectivity index (χ4n) is 1.79. The van der Waals surface area contributed by atoms with Gasteiger partial charge in [0.1, 0.15) is 0 Å². The standard InChI is InChI=1S/C9H20N2O.C2H6/c1-3-4-11(2)7-8-5-9(12)6-10-8;1-2/h8-10,12H,3-7H2,1-2H3;1-2H3. The fraction of sp³-hybridized carbons (Fsp3) is 1.00. The third kappa shape index (κ3) is 5.58. The number of rotatable bonds is 4. The number of likely N-dealkylation sites (N-methyl/N-ethyl adjacent to an activating group) is 1. The van der Waals surface area contributed by atoms with E-state index in [4.69, 9.17) is 0 Å². The van der Waals surface area contributed by atoms with Gasteiger partial charge in [0, 0.05) is 19.1 Å². The van der Waals surface area contributed by atoms with Gasteiger partial charge in [0.25, 0.3) is 0 Å². The minimum atomic E-state index is -0.120. The molecule has 0 aliphatic carbocycles. The van der Waals surface area contributed by atoms with Gasteiger partial charge in [-0.05, 0) is 26.4 Å². The van der Waals surface area contributed by atoms with Crippen LogP contribution in [0.25, 0.3) is 0 Å². The molecule has 0 bridgehead atoms. The van der Waals surface area contributed by atoms with Crippen molar-refractivity contribution in [3.63, 3.8) is 0 Å². The summed E-state index contributed by atoms with van der Waals surface area (Å²) in [6, 6.07) is 0.497. The molecule has 1 heterocycles. The van der Waals surface area contributed by atoms with E-state index in [1.807, 2.05) is 13.8 Å². The topological polar surface area (TPSA) is 35.5 Å². The zero-order chi connectivity index (χ0) is 11.0. The van der Waals surface area contributed by atoms with Crippen molar-refractivity contribution in [2.24, 2.45) is 0 Å². The Kier molecular flexibility index (Phi) is 8.14. The summed E-state index contributed by atoms with van der Waals surface area (Å²) >= 11 is 0. The van der Waals surface area contributed by atoms with Crippen LogP contribution in [0.5, 0.6) is 0 Å². The first-order valence-corrected chi connectivity index (χ1v) is 5.82. The van der Waals surface area contributed by atoms with Gasteiger partial charge in [-0.1, -0.05) is 20.8 Å². The first kappa shape index (κ1) is 13.9. The molecule has 0 saturated carbocycles. The van der Waals surface area contributed by atoms with E-state index in [1.54, 1.807) is 0 Å². The van der Waals surface area contributed by atoms with Crippen molar-refractivity contribution in [1.29, 1.82) is 0 Å². The van der Waals surface area contributed by atoms with E-state index in [-0.39, 0.29) is 6.10 Å². The highest BCUT2D eigenvalue weighted by atomic mass is 16.3. The zero-order valence-electron chi connectivity index (χ0n) is 10.1. The monoisotopic (exact) mass is 202 g/mol. The van der Waals surface area contributed by atoms with Crippen LogP contribution in [0.15, 0.2) is 0 Å². The van der Waals surface area contributed by atoms with Gasteiger partial charge < -0.3 is 15.3 Å². The Hall–Kier alpha value is -0.120. The summed E-state index contributed by atoms with van der Waals surface area (Å²) in [6.07, 6.45) is 1.99. The molecule has 2 unspecified atom stereocenters. The molecule has 3 nitrogen and oxygen atoms in total. The first-order chi connectivity index (χ1) is 6.72. The molecule has 2 N–H and O–H groups in total. The number of aliphatic hydroxyl groups is 1. The van der Waals surface area contributed by atoms with Crippen LogP contribution in [0, 0.1) is 0 Å². The molecule has 0 aromatic carbocycles. The summed E-state index contributed by atoms with van der Waals surface area (Å²) in [5, 5.41) is 12.6. The van der Waals surface area contributed by atoms with E-state index in [2.05, 4.69) is 24.2 Å². The number of hydrogen-bond acceptors (Lipinski definition) is 3. The lowest BCUT2D eigenvalue weighted by atomic mass is 10.2. The summed E-state index contributed by atoms with van der Waals surface area (Å²) in [5.74, 6) is 0. The Morgan fingerprint density at radius 1 is 1.43 bits per heavy atom. The highest BCUT2D eigenvalue weighted by Gasteiger charge is 2.22. The van der Waals surface area contributed by atoms with E-state index < -0.39 is 0 Å². The van der Waals surface area contributed by atoms with Crippen LogP contribution in [-0.2, 0) is 0 Å². The summed E-state index contributed by atoms with van der Waals surface area (Å²) < 4.78 is 0. The lowest BCUT2D eigenvalue weighted by Gasteiger charge is -2.19. The lowest BCUT2D eigenvalue weighted by Crippen LogP contribution is -2.35. The minimum Gasteiger partial charge on any atom is -0.392 e. The SMILES string of the molecule is CC.CCCN(C)CC1CC(O)CN1. The Bertz CT molecular complexity index is 130. The molecule has 86 valence electrons. The van der Waals surface area contributed by atoms with Crippen LogP contribution in [0.4, 0.5) is 0 Å². The number of aliphatic hydroxyl groups excluding tert-OH is 1. The van der Waals surface area contributed by atoms with E-state index in [1.165, 1.54) is 6.42 Å². The van der Waals surface area contributed by atoms with Crippen molar-refractivity contribution < 1.29 is 5.11 Å². The average Bonchev–Trinajstić information content (AvgIpc) is 2.55. The zero-order valence-corrected chi connectivity index (χ0v) is 10.1. The van der Waals surface area contributed by atoms with Gasteiger partial charge in [0.05, 0.1) is 6.10 Å². The summed E-state index contributed by atoms with van der Waals surface area (Å²) in [6.45, 7) is 9.16. The predicted octanol–water partition coefficient (Wildman–Crippen LogP) is 1.08. The smallest absolute Gasteiger partial charge is 0.0680 e. The second kappa shape index (κ2) is 8.21. The molecule has 0 aromatic rings. The third-order valence-corrected chi connectivity index (χ3v) is 2.34. The van der Waals surface area contributed by atoms with E-state index >= 15 is 0 Å². The maximum Gasteiger partial charge on any atom is 0.0680 e. The molecule has 3 heteroatoms. The van der Waals surface area contributed by atoms with Crippen LogP contribution in [0.2, 0.25) is 0 Å². The molecular weight excluding hydrogens is 176 g/mol. The Morgan fingerprint density at radius 2 is 2.07 bits per heavy atom. The second-order valence-corrected chi connectivity index (χ2v) is 3.76. The quantitative estimate of drug-likeness (QED) is 0.716. The fourth-order valence-corrected chi connectivity index (χ4v) is 1.79. The maximum atomic E-state index is 9.26. The van der Waals surface area contributed by atoms with Crippen LogP contribution in [0.1, 0.15) is 33.6 Å². The highest BCUT2D eigenvalue weighted by molar-refractivity contribution is 4.82. The molecule has 1 aliphatic heterocycles. The van der Waals surface area contributed by atoms with Crippen molar-refractivity contribution in [3.8, 4) is 0 Å². The largest absolute Gasteiger partial charge is 0.392 e. The van der Waals surface area contributed by atoms with Crippen molar-refractivity contribution >= 4 is 0 Å². The second-order valence-electron chi connectivity index (χ2n) is 3.76. The molecule has 1 saturated heterocycles. The minimum absolute atomic E-state index is 0.120. The van der Waals surface area contributed by atoms with Gasteiger partial charge in [-0.3, -0.25) is 0 Å². The number of nitrogens with one attached hydrogen (secondary N) is 1. The molecular formula is C11H26N2O. The molecule has 1 aliphatic rings. The van der Waals surface area contributed by atoms with Crippen LogP contribution in [-0.4, -0.2) is 48.8 Å². The van der Waals surface area contributed by atoms with E-state index in [0.29, 0.717) is 6.04 Å². The predicted molar refractivity (Wildman–Crippen MR) is 61.6 cm³/mol. The molecule has 2 atom stereocenters. The number of β-amino-alcohol motifs (C(OH)–C–C–N with tert-alkyl or cyclic N) is 1. The van der Waals surface area contributed by atoms with Crippen molar-refractivity contribution in [2.75, 3.05) is 26.7 Å². The Balaban J connectivity index is 0.000000791. The van der Waals surface area contributed by atoms with E-state index in [9.17, 15) is 5.11 Å². The number of nitrogens with zero attached hydrogens (tertiary/aromatic N) is 1. The van der Waals surface area contributed by atoms with Crippen LogP contribution in [0.3, 0.4) is 0 Å². The van der Waals surface area contributed by atoms with Crippen LogP contribution >= 0.6 is 0 Å². The molecule has 1 rings (SSSR count). The summed E-state index contributed by atoms with van der Waals surface area (Å²) in [5.41, 5.74) is 0. The highest BCUT2D eigenvalue weighted by Crippen LogP contribution is 2.07. The van der Waals surface area contributed by atoms with Crippen molar-refractivity contribution in [1.82, 2.24) is 10.2 Å². The van der Waals surface area contributed by atoms with Crippen molar-refractivity contribution in [2.45, 2.75) is 45.8 Å². The summed E-state index contributed by atoms with van der Waals surface area (Å²) in [4.78, 5) is 2.32. The number of hydrogen-bond donors (Lipinski definition) is 2. The molecule has 1 fully saturated rings. The van der Waals surface area contributed by atoms with E-state index in [0.717, 1.165) is 26.1 Å². The van der Waals surface area contributed by atoms with Gasteiger partial charge in [-0.2, -0.15) is 0 Å². The Morgan fingerprint density at radius 3 is 2.50 bits per heavy atom.